The number of hydrogen-bond acceptors (Lipinski definition) is 3. The molecule has 0 aromatic carbocycles. The number of hydrogen-bond donors (Lipinski definition) is 1. The van der Waals surface area contributed by atoms with Gasteiger partial charge in [-0.1, -0.05) is 6.08 Å². The van der Waals surface area contributed by atoms with E-state index in [1.165, 1.54) is 13.2 Å². The Kier molecular flexibility index (Phi) is 3.95. The minimum absolute atomic E-state index is 0.0455. The zero-order valence-electron chi connectivity index (χ0n) is 6.37. The number of rotatable bonds is 4. The molecule has 0 heterocycles. The van der Waals surface area contributed by atoms with Crippen molar-refractivity contribution in [2.24, 2.45) is 11.7 Å². The van der Waals surface area contributed by atoms with E-state index in [9.17, 15) is 9.59 Å². The van der Waals surface area contributed by atoms with Crippen molar-refractivity contribution in [3.8, 4) is 0 Å². The third-order valence-electron chi connectivity index (χ3n) is 1.21. The summed E-state index contributed by atoms with van der Waals surface area (Å²) >= 11 is 0. The minimum Gasteiger partial charge on any atom is -0.469 e. The predicted molar refractivity (Wildman–Crippen MR) is 39.5 cm³/mol. The lowest BCUT2D eigenvalue weighted by Crippen LogP contribution is -2.21. The number of carbonyl (C=O) groups excluding carboxylic acids is 2. The normalized spacial score (nSPS) is 11.7. The van der Waals surface area contributed by atoms with E-state index in [1.807, 2.05) is 0 Å². The summed E-state index contributed by atoms with van der Waals surface area (Å²) in [5.74, 6) is -1.64. The zero-order valence-corrected chi connectivity index (χ0v) is 6.37. The molecule has 0 fully saturated rings. The Labute approximate surface area is 65.0 Å². The van der Waals surface area contributed by atoms with Crippen LogP contribution < -0.4 is 5.73 Å². The summed E-state index contributed by atoms with van der Waals surface area (Å²) in [6.07, 6.45) is 1.30. The molecular formula is C7H11NO3. The number of primary amides is 1. The van der Waals surface area contributed by atoms with Gasteiger partial charge in [-0.3, -0.25) is 9.59 Å². The third kappa shape index (κ3) is 3.40. The van der Waals surface area contributed by atoms with Crippen molar-refractivity contribution >= 4 is 11.9 Å². The summed E-state index contributed by atoms with van der Waals surface area (Å²) < 4.78 is 4.39. The average molecular weight is 157 g/mol. The van der Waals surface area contributed by atoms with Gasteiger partial charge in [0.05, 0.1) is 13.0 Å². The zero-order chi connectivity index (χ0) is 8.85. The number of methoxy groups -OCH3 is 1. The molecule has 0 aliphatic heterocycles. The van der Waals surface area contributed by atoms with Crippen molar-refractivity contribution in [2.45, 2.75) is 6.42 Å². The molecule has 62 valence electrons. The Morgan fingerprint density at radius 1 is 1.73 bits per heavy atom. The third-order valence-corrected chi connectivity index (χ3v) is 1.21. The topological polar surface area (TPSA) is 69.4 Å². The minimum atomic E-state index is -0.613. The van der Waals surface area contributed by atoms with E-state index in [0.29, 0.717) is 0 Å². The second-order valence-electron chi connectivity index (χ2n) is 2.04. The van der Waals surface area contributed by atoms with Crippen LogP contribution in [-0.2, 0) is 14.3 Å². The van der Waals surface area contributed by atoms with Crippen LogP contribution in [0, 0.1) is 5.92 Å². The van der Waals surface area contributed by atoms with Crippen LogP contribution in [0.15, 0.2) is 12.7 Å². The van der Waals surface area contributed by atoms with Crippen molar-refractivity contribution in [1.29, 1.82) is 0 Å². The molecule has 0 rings (SSSR count). The molecule has 1 unspecified atom stereocenters. The first-order chi connectivity index (χ1) is 5.11. The highest BCUT2D eigenvalue weighted by Crippen LogP contribution is 2.05. The molecule has 1 amide bonds. The fourth-order valence-electron chi connectivity index (χ4n) is 0.631. The van der Waals surface area contributed by atoms with E-state index in [0.717, 1.165) is 0 Å². The Morgan fingerprint density at radius 2 is 2.27 bits per heavy atom. The first-order valence-electron chi connectivity index (χ1n) is 3.10. The predicted octanol–water partition coefficient (Wildman–Crippen LogP) is -0.163. The molecule has 0 radical (unpaired) electrons. The van der Waals surface area contributed by atoms with Crippen molar-refractivity contribution in [1.82, 2.24) is 0 Å². The van der Waals surface area contributed by atoms with Gasteiger partial charge < -0.3 is 10.5 Å². The SMILES string of the molecule is C=CC(CC(N)=O)C(=O)OC. The lowest BCUT2D eigenvalue weighted by molar-refractivity contribution is -0.145. The van der Waals surface area contributed by atoms with Gasteiger partial charge in [0, 0.05) is 6.42 Å². The van der Waals surface area contributed by atoms with Crippen LogP contribution in [0.1, 0.15) is 6.42 Å². The van der Waals surface area contributed by atoms with Gasteiger partial charge in [-0.05, 0) is 0 Å². The molecule has 0 aliphatic rings. The highest BCUT2D eigenvalue weighted by atomic mass is 16.5. The standard InChI is InChI=1S/C7H11NO3/c1-3-5(4-6(8)9)7(10)11-2/h3,5H,1,4H2,2H3,(H2,8,9). The number of esters is 1. The van der Waals surface area contributed by atoms with E-state index < -0.39 is 17.8 Å². The van der Waals surface area contributed by atoms with E-state index in [2.05, 4.69) is 11.3 Å². The molecule has 0 bridgehead atoms. The number of ether oxygens (including phenoxy) is 1. The fraction of sp³-hybridized carbons (Fsp3) is 0.429. The smallest absolute Gasteiger partial charge is 0.313 e. The summed E-state index contributed by atoms with van der Waals surface area (Å²) in [7, 11) is 1.25. The molecule has 0 aromatic rings. The molecule has 0 saturated heterocycles. The summed E-state index contributed by atoms with van der Waals surface area (Å²) in [4.78, 5) is 21.1. The van der Waals surface area contributed by atoms with E-state index in [4.69, 9.17) is 5.73 Å². The molecular weight excluding hydrogens is 146 g/mol. The van der Waals surface area contributed by atoms with Crippen LogP contribution >= 0.6 is 0 Å². The molecule has 4 nitrogen and oxygen atoms in total. The molecule has 0 aromatic heterocycles. The summed E-state index contributed by atoms with van der Waals surface area (Å²) in [5.41, 5.74) is 4.87. The van der Waals surface area contributed by atoms with Crippen LogP contribution in [0.25, 0.3) is 0 Å². The lowest BCUT2D eigenvalue weighted by Gasteiger charge is -2.05. The van der Waals surface area contributed by atoms with Gasteiger partial charge in [0.25, 0.3) is 0 Å². The molecule has 0 aliphatic carbocycles. The highest BCUT2D eigenvalue weighted by Gasteiger charge is 2.16. The molecule has 0 saturated carbocycles. The van der Waals surface area contributed by atoms with Crippen molar-refractivity contribution in [2.75, 3.05) is 7.11 Å². The number of carbonyl (C=O) groups is 2. The molecule has 0 spiro atoms. The van der Waals surface area contributed by atoms with E-state index in [-0.39, 0.29) is 6.42 Å². The van der Waals surface area contributed by atoms with Crippen LogP contribution in [0.4, 0.5) is 0 Å². The largest absolute Gasteiger partial charge is 0.469 e. The van der Waals surface area contributed by atoms with Gasteiger partial charge in [-0.25, -0.2) is 0 Å². The summed E-state index contributed by atoms with van der Waals surface area (Å²) in [6.45, 7) is 3.37. The monoisotopic (exact) mass is 157 g/mol. The molecule has 4 heteroatoms. The van der Waals surface area contributed by atoms with Gasteiger partial charge in [0.1, 0.15) is 0 Å². The first kappa shape index (κ1) is 9.68. The van der Waals surface area contributed by atoms with E-state index >= 15 is 0 Å². The Hall–Kier alpha value is -1.32. The van der Waals surface area contributed by atoms with Crippen LogP contribution in [0.3, 0.4) is 0 Å². The van der Waals surface area contributed by atoms with Gasteiger partial charge in [-0.15, -0.1) is 6.58 Å². The van der Waals surface area contributed by atoms with Gasteiger partial charge >= 0.3 is 5.97 Å². The first-order valence-corrected chi connectivity index (χ1v) is 3.10. The maximum absolute atomic E-state index is 10.8. The maximum atomic E-state index is 10.8. The Bertz CT molecular complexity index is 177. The van der Waals surface area contributed by atoms with Crippen LogP contribution in [-0.4, -0.2) is 19.0 Å². The number of amides is 1. The Balaban J connectivity index is 4.05. The van der Waals surface area contributed by atoms with Crippen molar-refractivity contribution in [3.63, 3.8) is 0 Å². The second-order valence-corrected chi connectivity index (χ2v) is 2.04. The lowest BCUT2D eigenvalue weighted by atomic mass is 10.1. The quantitative estimate of drug-likeness (QED) is 0.455. The average Bonchev–Trinajstić information content (AvgIpc) is 1.98. The van der Waals surface area contributed by atoms with Crippen molar-refractivity contribution < 1.29 is 14.3 Å². The van der Waals surface area contributed by atoms with E-state index in [1.54, 1.807) is 0 Å². The molecule has 1 atom stereocenters. The molecule has 2 N–H and O–H groups in total. The van der Waals surface area contributed by atoms with Crippen LogP contribution in [0.2, 0.25) is 0 Å². The van der Waals surface area contributed by atoms with Gasteiger partial charge in [0.2, 0.25) is 5.91 Å². The second kappa shape index (κ2) is 4.49. The maximum Gasteiger partial charge on any atom is 0.313 e. The fourth-order valence-corrected chi connectivity index (χ4v) is 0.631. The van der Waals surface area contributed by atoms with Crippen molar-refractivity contribution in [3.05, 3.63) is 12.7 Å². The molecule has 11 heavy (non-hydrogen) atoms. The number of nitrogens with two attached hydrogens (primary N) is 1. The highest BCUT2D eigenvalue weighted by molar-refractivity contribution is 5.83. The summed E-state index contributed by atoms with van der Waals surface area (Å²) in [5, 5.41) is 0. The van der Waals surface area contributed by atoms with Gasteiger partial charge in [-0.2, -0.15) is 0 Å². The van der Waals surface area contributed by atoms with Gasteiger partial charge in [0.15, 0.2) is 0 Å². The summed E-state index contributed by atoms with van der Waals surface area (Å²) in [6, 6.07) is 0. The van der Waals surface area contributed by atoms with Crippen LogP contribution in [0.5, 0.6) is 0 Å². The Morgan fingerprint density at radius 3 is 2.55 bits per heavy atom.